The van der Waals surface area contributed by atoms with Crippen molar-refractivity contribution in [2.24, 2.45) is 0 Å². The van der Waals surface area contributed by atoms with Crippen molar-refractivity contribution in [3.05, 3.63) is 22.8 Å². The van der Waals surface area contributed by atoms with Gasteiger partial charge in [-0.05, 0) is 34.5 Å². The van der Waals surface area contributed by atoms with Gasteiger partial charge in [0.1, 0.15) is 0 Å². The Labute approximate surface area is 113 Å². The van der Waals surface area contributed by atoms with Crippen LogP contribution in [0.25, 0.3) is 5.65 Å². The highest BCUT2D eigenvalue weighted by atomic mass is 79.9. The largest absolute Gasteiger partial charge is 0.394 e. The average Bonchev–Trinajstić information content (AvgIpc) is 2.78. The maximum Gasteiger partial charge on any atom is 0.243 e. The highest BCUT2D eigenvalue weighted by molar-refractivity contribution is 9.10. The quantitative estimate of drug-likeness (QED) is 0.754. The van der Waals surface area contributed by atoms with Crippen molar-refractivity contribution in [2.75, 3.05) is 31.7 Å². The van der Waals surface area contributed by atoms with Crippen LogP contribution in [0, 0.1) is 0 Å². The molecule has 2 rings (SSSR count). The molecule has 0 radical (unpaired) electrons. The molecule has 0 aromatic carbocycles. The maximum absolute atomic E-state index is 8.54. The zero-order valence-corrected chi connectivity index (χ0v) is 11.4. The summed E-state index contributed by atoms with van der Waals surface area (Å²) in [6, 6.07) is 3.83. The smallest absolute Gasteiger partial charge is 0.243 e. The Balaban J connectivity index is 1.83. The molecule has 0 atom stereocenters. The molecule has 0 saturated heterocycles. The number of hydrogen-bond acceptors (Lipinski definition) is 5. The van der Waals surface area contributed by atoms with Gasteiger partial charge in [0.15, 0.2) is 5.65 Å². The molecule has 0 saturated carbocycles. The normalized spacial score (nSPS) is 11.0. The average molecular weight is 315 g/mol. The standard InChI is InChI=1S/C11H15BrN4O2/c12-9-3-1-5-16-10(9)14-11(15-16)13-4-2-7-18-8-6-17/h1,3,5,17H,2,4,6-8H2,(H,13,15). The Kier molecular flexibility index (Phi) is 4.91. The molecule has 0 fully saturated rings. The third-order valence-corrected chi connectivity index (χ3v) is 2.92. The van der Waals surface area contributed by atoms with E-state index in [1.54, 1.807) is 4.52 Å². The molecule has 7 heteroatoms. The van der Waals surface area contributed by atoms with Gasteiger partial charge in [-0.3, -0.25) is 0 Å². The third kappa shape index (κ3) is 3.41. The fourth-order valence-corrected chi connectivity index (χ4v) is 1.91. The van der Waals surface area contributed by atoms with Gasteiger partial charge in [0, 0.05) is 19.3 Å². The third-order valence-electron chi connectivity index (χ3n) is 2.30. The van der Waals surface area contributed by atoms with Crippen molar-refractivity contribution >= 4 is 27.5 Å². The van der Waals surface area contributed by atoms with Crippen LogP contribution in [-0.2, 0) is 4.74 Å². The van der Waals surface area contributed by atoms with Gasteiger partial charge in [-0.15, -0.1) is 5.10 Å². The van der Waals surface area contributed by atoms with E-state index in [1.807, 2.05) is 18.3 Å². The van der Waals surface area contributed by atoms with Gasteiger partial charge in [0.25, 0.3) is 0 Å². The monoisotopic (exact) mass is 314 g/mol. The van der Waals surface area contributed by atoms with Crippen molar-refractivity contribution in [2.45, 2.75) is 6.42 Å². The molecule has 0 amide bonds. The van der Waals surface area contributed by atoms with Crippen LogP contribution in [0.5, 0.6) is 0 Å². The number of halogens is 1. The Morgan fingerprint density at radius 3 is 3.11 bits per heavy atom. The van der Waals surface area contributed by atoms with Gasteiger partial charge in [-0.1, -0.05) is 0 Å². The molecule has 0 aliphatic rings. The lowest BCUT2D eigenvalue weighted by Gasteiger charge is -2.02. The van der Waals surface area contributed by atoms with Crippen LogP contribution in [0.15, 0.2) is 22.8 Å². The second-order valence-electron chi connectivity index (χ2n) is 3.68. The van der Waals surface area contributed by atoms with E-state index in [2.05, 4.69) is 31.3 Å². The summed E-state index contributed by atoms with van der Waals surface area (Å²) in [6.45, 7) is 1.81. The first-order valence-electron chi connectivity index (χ1n) is 5.74. The van der Waals surface area contributed by atoms with Crippen LogP contribution in [0.4, 0.5) is 5.95 Å². The van der Waals surface area contributed by atoms with Gasteiger partial charge in [-0.25, -0.2) is 4.52 Å². The lowest BCUT2D eigenvalue weighted by Crippen LogP contribution is -2.08. The zero-order chi connectivity index (χ0) is 12.8. The minimum absolute atomic E-state index is 0.0649. The molecule has 0 aliphatic carbocycles. The molecular weight excluding hydrogens is 300 g/mol. The number of hydrogen-bond donors (Lipinski definition) is 2. The Morgan fingerprint density at radius 1 is 1.44 bits per heavy atom. The predicted molar refractivity (Wildman–Crippen MR) is 71.7 cm³/mol. The van der Waals surface area contributed by atoms with E-state index in [1.165, 1.54) is 0 Å². The molecule has 2 aromatic rings. The van der Waals surface area contributed by atoms with Gasteiger partial charge >= 0.3 is 0 Å². The summed E-state index contributed by atoms with van der Waals surface area (Å²) in [5, 5.41) is 16.0. The van der Waals surface area contributed by atoms with Crippen LogP contribution in [-0.4, -0.2) is 46.1 Å². The Bertz CT molecular complexity index is 503. The number of nitrogens with zero attached hydrogens (tertiary/aromatic N) is 3. The molecule has 0 aliphatic heterocycles. The summed E-state index contributed by atoms with van der Waals surface area (Å²) >= 11 is 3.43. The van der Waals surface area contributed by atoms with Gasteiger partial charge in [0.05, 0.1) is 17.7 Å². The minimum Gasteiger partial charge on any atom is -0.394 e. The molecule has 98 valence electrons. The number of rotatable bonds is 7. The van der Waals surface area contributed by atoms with Crippen molar-refractivity contribution < 1.29 is 9.84 Å². The van der Waals surface area contributed by atoms with Crippen LogP contribution in [0.2, 0.25) is 0 Å². The Morgan fingerprint density at radius 2 is 2.33 bits per heavy atom. The van der Waals surface area contributed by atoms with E-state index in [9.17, 15) is 0 Å². The van der Waals surface area contributed by atoms with Crippen molar-refractivity contribution in [1.29, 1.82) is 0 Å². The molecule has 2 aromatic heterocycles. The molecule has 2 N–H and O–H groups in total. The van der Waals surface area contributed by atoms with Gasteiger partial charge in [-0.2, -0.15) is 4.98 Å². The first-order valence-corrected chi connectivity index (χ1v) is 6.54. The fraction of sp³-hybridized carbons (Fsp3) is 0.455. The second-order valence-corrected chi connectivity index (χ2v) is 4.53. The SMILES string of the molecule is OCCOCCCNc1nc2c(Br)cccn2n1. The number of ether oxygens (including phenoxy) is 1. The van der Waals surface area contributed by atoms with Crippen LogP contribution in [0.3, 0.4) is 0 Å². The zero-order valence-electron chi connectivity index (χ0n) is 9.84. The summed E-state index contributed by atoms with van der Waals surface area (Å²) in [5.74, 6) is 0.601. The fourth-order valence-electron chi connectivity index (χ4n) is 1.49. The van der Waals surface area contributed by atoms with Crippen molar-refractivity contribution in [1.82, 2.24) is 14.6 Å². The minimum atomic E-state index is 0.0649. The number of aliphatic hydroxyl groups is 1. The van der Waals surface area contributed by atoms with E-state index in [4.69, 9.17) is 9.84 Å². The molecule has 18 heavy (non-hydrogen) atoms. The van der Waals surface area contributed by atoms with E-state index in [0.29, 0.717) is 19.2 Å². The van der Waals surface area contributed by atoms with Gasteiger partial charge in [0.2, 0.25) is 5.95 Å². The summed E-state index contributed by atoms with van der Waals surface area (Å²) in [7, 11) is 0. The van der Waals surface area contributed by atoms with E-state index >= 15 is 0 Å². The topological polar surface area (TPSA) is 71.7 Å². The number of fused-ring (bicyclic) bond motifs is 1. The van der Waals surface area contributed by atoms with Crippen molar-refractivity contribution in [3.63, 3.8) is 0 Å². The van der Waals surface area contributed by atoms with E-state index in [0.717, 1.165) is 23.1 Å². The van der Waals surface area contributed by atoms with Crippen LogP contribution in [0.1, 0.15) is 6.42 Å². The summed E-state index contributed by atoms with van der Waals surface area (Å²) in [4.78, 5) is 4.36. The number of nitrogens with one attached hydrogen (secondary N) is 1. The first kappa shape index (κ1) is 13.3. The number of aliphatic hydroxyl groups excluding tert-OH is 1. The molecule has 2 heterocycles. The lowest BCUT2D eigenvalue weighted by molar-refractivity contribution is 0.0921. The molecule has 0 spiro atoms. The highest BCUT2D eigenvalue weighted by Crippen LogP contribution is 2.16. The molecule has 0 unspecified atom stereocenters. The summed E-state index contributed by atoms with van der Waals surface area (Å²) in [5.41, 5.74) is 0.788. The number of anilines is 1. The van der Waals surface area contributed by atoms with Gasteiger partial charge < -0.3 is 15.2 Å². The molecule has 6 nitrogen and oxygen atoms in total. The first-order chi connectivity index (χ1) is 8.81. The van der Waals surface area contributed by atoms with E-state index in [-0.39, 0.29) is 6.61 Å². The van der Waals surface area contributed by atoms with Crippen LogP contribution < -0.4 is 5.32 Å². The number of aromatic nitrogens is 3. The van der Waals surface area contributed by atoms with E-state index < -0.39 is 0 Å². The lowest BCUT2D eigenvalue weighted by atomic mass is 10.4. The van der Waals surface area contributed by atoms with Crippen molar-refractivity contribution in [3.8, 4) is 0 Å². The maximum atomic E-state index is 8.54. The summed E-state index contributed by atoms with van der Waals surface area (Å²) in [6.07, 6.45) is 2.69. The summed E-state index contributed by atoms with van der Waals surface area (Å²) < 4.78 is 7.79. The number of pyridine rings is 1. The molecule has 0 bridgehead atoms. The highest BCUT2D eigenvalue weighted by Gasteiger charge is 2.04. The Hall–Kier alpha value is -1.18. The molecular formula is C11H15BrN4O2. The van der Waals surface area contributed by atoms with Crippen LogP contribution >= 0.6 is 15.9 Å². The predicted octanol–water partition coefficient (Wildman–Crippen LogP) is 1.30. The second kappa shape index (κ2) is 6.67.